The second-order valence-corrected chi connectivity index (χ2v) is 5.91. The molecule has 0 bridgehead atoms. The maximum Gasteiger partial charge on any atom is 0.337 e. The number of carboxylic acids is 1. The molecule has 7 heteroatoms. The van der Waals surface area contributed by atoms with Gasteiger partial charge in [0.2, 0.25) is 0 Å². The number of para-hydroxylation sites is 1. The summed E-state index contributed by atoms with van der Waals surface area (Å²) < 4.78 is 6.11. The molecule has 1 aromatic rings. The monoisotopic (exact) mass is 356 g/mol. The second-order valence-electron chi connectivity index (χ2n) is 5.06. The van der Waals surface area contributed by atoms with Gasteiger partial charge in [-0.2, -0.15) is 0 Å². The van der Waals surface area contributed by atoms with E-state index in [-0.39, 0.29) is 29.5 Å². The zero-order valence-corrected chi connectivity index (χ0v) is 13.4. The quantitative estimate of drug-likeness (QED) is 0.853. The SMILES string of the molecule is CC1CN(C(=O)Nc2c(Br)cccc2C(=O)O)CC(C)O1. The van der Waals surface area contributed by atoms with E-state index in [9.17, 15) is 14.7 Å². The first-order valence-electron chi connectivity index (χ1n) is 6.61. The topological polar surface area (TPSA) is 78.9 Å². The highest BCUT2D eigenvalue weighted by molar-refractivity contribution is 9.10. The lowest BCUT2D eigenvalue weighted by Gasteiger charge is -2.35. The van der Waals surface area contributed by atoms with Gasteiger partial charge in [-0.3, -0.25) is 0 Å². The van der Waals surface area contributed by atoms with E-state index >= 15 is 0 Å². The Morgan fingerprint density at radius 2 is 1.95 bits per heavy atom. The number of morpholine rings is 1. The third-order valence-electron chi connectivity index (χ3n) is 3.18. The van der Waals surface area contributed by atoms with Crippen LogP contribution in [-0.2, 0) is 4.74 Å². The molecular weight excluding hydrogens is 340 g/mol. The Balaban J connectivity index is 2.18. The summed E-state index contributed by atoms with van der Waals surface area (Å²) in [6.45, 7) is 4.75. The van der Waals surface area contributed by atoms with Crippen molar-refractivity contribution in [2.24, 2.45) is 0 Å². The molecule has 2 amide bonds. The summed E-state index contributed by atoms with van der Waals surface area (Å²) in [5, 5.41) is 11.9. The van der Waals surface area contributed by atoms with E-state index in [0.29, 0.717) is 17.6 Å². The Morgan fingerprint density at radius 3 is 2.52 bits per heavy atom. The number of urea groups is 1. The standard InChI is InChI=1S/C14H17BrN2O4/c1-8-6-17(7-9(2)21-8)14(20)16-12-10(13(18)19)4-3-5-11(12)15/h3-5,8-9H,6-7H2,1-2H3,(H,16,20)(H,18,19). The van der Waals surface area contributed by atoms with Crippen molar-refractivity contribution in [1.29, 1.82) is 0 Å². The Hall–Kier alpha value is -1.60. The van der Waals surface area contributed by atoms with Gasteiger partial charge in [-0.15, -0.1) is 0 Å². The number of carbonyl (C=O) groups is 2. The second kappa shape index (κ2) is 6.44. The number of hydrogen-bond acceptors (Lipinski definition) is 3. The number of nitrogens with one attached hydrogen (secondary N) is 1. The minimum Gasteiger partial charge on any atom is -0.478 e. The Morgan fingerprint density at radius 1 is 1.33 bits per heavy atom. The van der Waals surface area contributed by atoms with E-state index in [1.54, 1.807) is 17.0 Å². The lowest BCUT2D eigenvalue weighted by Crippen LogP contribution is -2.49. The van der Waals surface area contributed by atoms with Crippen molar-refractivity contribution in [2.45, 2.75) is 26.1 Å². The first-order chi connectivity index (χ1) is 9.88. The van der Waals surface area contributed by atoms with E-state index in [1.807, 2.05) is 13.8 Å². The zero-order chi connectivity index (χ0) is 15.6. The average Bonchev–Trinajstić information content (AvgIpc) is 2.39. The molecule has 1 aliphatic heterocycles. The van der Waals surface area contributed by atoms with Gasteiger partial charge in [-0.05, 0) is 41.9 Å². The lowest BCUT2D eigenvalue weighted by molar-refractivity contribution is -0.0530. The van der Waals surface area contributed by atoms with Crippen molar-refractivity contribution in [3.05, 3.63) is 28.2 Å². The fourth-order valence-electron chi connectivity index (χ4n) is 2.36. The third kappa shape index (κ3) is 3.74. The average molecular weight is 357 g/mol. The van der Waals surface area contributed by atoms with Gasteiger partial charge in [0.1, 0.15) is 0 Å². The van der Waals surface area contributed by atoms with Crippen LogP contribution in [0.15, 0.2) is 22.7 Å². The van der Waals surface area contributed by atoms with Crippen LogP contribution in [0.1, 0.15) is 24.2 Å². The van der Waals surface area contributed by atoms with Gasteiger partial charge >= 0.3 is 12.0 Å². The summed E-state index contributed by atoms with van der Waals surface area (Å²) in [5.74, 6) is -1.09. The van der Waals surface area contributed by atoms with Crippen LogP contribution in [0.25, 0.3) is 0 Å². The summed E-state index contributed by atoms with van der Waals surface area (Å²) in [7, 11) is 0. The maximum absolute atomic E-state index is 12.3. The van der Waals surface area contributed by atoms with Crippen LogP contribution in [0.4, 0.5) is 10.5 Å². The molecule has 0 aliphatic carbocycles. The van der Waals surface area contributed by atoms with Gasteiger partial charge in [0.25, 0.3) is 0 Å². The van der Waals surface area contributed by atoms with Crippen LogP contribution in [-0.4, -0.2) is 47.3 Å². The fraction of sp³-hybridized carbons (Fsp3) is 0.429. The van der Waals surface area contributed by atoms with Crippen molar-refractivity contribution >= 4 is 33.6 Å². The van der Waals surface area contributed by atoms with Crippen molar-refractivity contribution in [3.8, 4) is 0 Å². The molecule has 0 spiro atoms. The van der Waals surface area contributed by atoms with E-state index in [4.69, 9.17) is 4.74 Å². The van der Waals surface area contributed by atoms with Gasteiger partial charge in [-0.1, -0.05) is 6.07 Å². The predicted molar refractivity (Wildman–Crippen MR) is 81.7 cm³/mol. The highest BCUT2D eigenvalue weighted by Crippen LogP contribution is 2.27. The molecule has 2 rings (SSSR count). The predicted octanol–water partition coefficient (Wildman–Crippen LogP) is 2.79. The largest absolute Gasteiger partial charge is 0.478 e. The Kier molecular flexibility index (Phi) is 4.84. The number of benzene rings is 1. The number of ether oxygens (including phenoxy) is 1. The summed E-state index contributed by atoms with van der Waals surface area (Å²) in [4.78, 5) is 25.2. The molecule has 0 aromatic heterocycles. The van der Waals surface area contributed by atoms with Gasteiger partial charge in [0.15, 0.2) is 0 Å². The highest BCUT2D eigenvalue weighted by atomic mass is 79.9. The number of carboxylic acid groups (broad SMARTS) is 1. The number of halogens is 1. The van der Waals surface area contributed by atoms with E-state index in [1.165, 1.54) is 6.07 Å². The van der Waals surface area contributed by atoms with Crippen molar-refractivity contribution in [1.82, 2.24) is 4.90 Å². The number of carbonyl (C=O) groups excluding carboxylic acids is 1. The number of anilines is 1. The van der Waals surface area contributed by atoms with Crippen LogP contribution >= 0.6 is 15.9 Å². The van der Waals surface area contributed by atoms with Gasteiger partial charge in [-0.25, -0.2) is 9.59 Å². The molecule has 0 saturated carbocycles. The molecule has 1 aromatic carbocycles. The molecule has 1 heterocycles. The third-order valence-corrected chi connectivity index (χ3v) is 3.84. The van der Waals surface area contributed by atoms with Gasteiger partial charge < -0.3 is 20.1 Å². The molecule has 1 aliphatic rings. The molecule has 21 heavy (non-hydrogen) atoms. The molecular formula is C14H17BrN2O4. The zero-order valence-electron chi connectivity index (χ0n) is 11.8. The van der Waals surface area contributed by atoms with Crippen LogP contribution in [0.5, 0.6) is 0 Å². The number of nitrogens with zero attached hydrogens (tertiary/aromatic N) is 1. The highest BCUT2D eigenvalue weighted by Gasteiger charge is 2.27. The molecule has 2 atom stereocenters. The normalized spacial score (nSPS) is 22.0. The summed E-state index contributed by atoms with van der Waals surface area (Å²) >= 11 is 3.27. The summed E-state index contributed by atoms with van der Waals surface area (Å²) in [6.07, 6.45) is -0.0877. The van der Waals surface area contributed by atoms with Gasteiger partial charge in [0.05, 0.1) is 23.5 Å². The first kappa shape index (κ1) is 15.8. The summed E-state index contributed by atoms with van der Waals surface area (Å²) in [6, 6.07) is 4.42. The minimum atomic E-state index is -1.09. The van der Waals surface area contributed by atoms with E-state index in [2.05, 4.69) is 21.2 Å². The number of amides is 2. The van der Waals surface area contributed by atoms with Crippen LogP contribution in [0, 0.1) is 0 Å². The maximum atomic E-state index is 12.3. The molecule has 2 N–H and O–H groups in total. The number of hydrogen-bond donors (Lipinski definition) is 2. The smallest absolute Gasteiger partial charge is 0.337 e. The molecule has 0 radical (unpaired) electrons. The fourth-order valence-corrected chi connectivity index (χ4v) is 2.82. The molecule has 114 valence electrons. The van der Waals surface area contributed by atoms with Crippen LogP contribution < -0.4 is 5.32 Å². The van der Waals surface area contributed by atoms with Crippen molar-refractivity contribution in [2.75, 3.05) is 18.4 Å². The molecule has 6 nitrogen and oxygen atoms in total. The van der Waals surface area contributed by atoms with Crippen LogP contribution in [0.3, 0.4) is 0 Å². The number of rotatable bonds is 2. The Bertz CT molecular complexity index is 554. The first-order valence-corrected chi connectivity index (χ1v) is 7.41. The lowest BCUT2D eigenvalue weighted by atomic mass is 10.2. The molecule has 1 saturated heterocycles. The number of aromatic carboxylic acids is 1. The van der Waals surface area contributed by atoms with Crippen LogP contribution in [0.2, 0.25) is 0 Å². The van der Waals surface area contributed by atoms with Crippen molar-refractivity contribution < 1.29 is 19.4 Å². The van der Waals surface area contributed by atoms with Gasteiger partial charge in [0, 0.05) is 17.6 Å². The van der Waals surface area contributed by atoms with Crippen molar-refractivity contribution in [3.63, 3.8) is 0 Å². The minimum absolute atomic E-state index is 0.0438. The van der Waals surface area contributed by atoms with E-state index < -0.39 is 5.97 Å². The summed E-state index contributed by atoms with van der Waals surface area (Å²) in [5.41, 5.74) is 0.314. The molecule has 2 unspecified atom stereocenters. The Labute approximate surface area is 131 Å². The molecule has 1 fully saturated rings. The van der Waals surface area contributed by atoms with E-state index in [0.717, 1.165) is 0 Å².